The molecule has 0 atom stereocenters. The van der Waals surface area contributed by atoms with Gasteiger partial charge in [-0.3, -0.25) is 14.1 Å². The zero-order valence-corrected chi connectivity index (χ0v) is 22.0. The van der Waals surface area contributed by atoms with Crippen LogP contribution in [0, 0.1) is 13.8 Å². The molecule has 0 saturated carbocycles. The number of nitrogens with zero attached hydrogens (tertiary/aromatic N) is 3. The number of carbonyl (C=O) groups excluding carboxylic acids is 1. The number of halogens is 3. The van der Waals surface area contributed by atoms with Crippen molar-refractivity contribution in [3.63, 3.8) is 0 Å². The maximum atomic E-state index is 12.9. The summed E-state index contributed by atoms with van der Waals surface area (Å²) in [6.07, 6.45) is -0.851. The molecule has 1 aliphatic heterocycles. The lowest BCUT2D eigenvalue weighted by molar-refractivity contribution is -0.274. The van der Waals surface area contributed by atoms with E-state index in [1.54, 1.807) is 12.1 Å². The second kappa shape index (κ2) is 11.1. The third-order valence-electron chi connectivity index (χ3n) is 7.21. The number of rotatable bonds is 7. The Balaban J connectivity index is 1.10. The van der Waals surface area contributed by atoms with E-state index in [1.165, 1.54) is 17.7 Å². The summed E-state index contributed by atoms with van der Waals surface area (Å²) in [6.45, 7) is 6.92. The maximum Gasteiger partial charge on any atom is 0.573 e. The van der Waals surface area contributed by atoms with Crippen molar-refractivity contribution in [3.05, 3.63) is 101 Å². The molecule has 204 valence electrons. The molecule has 5 rings (SSSR count). The van der Waals surface area contributed by atoms with E-state index in [1.807, 2.05) is 48.7 Å². The van der Waals surface area contributed by atoms with Crippen LogP contribution in [-0.2, 0) is 13.1 Å². The Hall–Kier alpha value is -3.85. The second-order valence-electron chi connectivity index (χ2n) is 10.1. The number of nitrogens with one attached hydrogen (secondary N) is 1. The summed E-state index contributed by atoms with van der Waals surface area (Å²) in [5.41, 5.74) is 6.33. The van der Waals surface area contributed by atoms with Crippen molar-refractivity contribution in [2.45, 2.75) is 52.1 Å². The number of piperidine rings is 1. The van der Waals surface area contributed by atoms with Crippen molar-refractivity contribution in [1.29, 1.82) is 0 Å². The Morgan fingerprint density at radius 1 is 0.974 bits per heavy atom. The second-order valence-corrected chi connectivity index (χ2v) is 10.1. The molecule has 0 unspecified atom stereocenters. The summed E-state index contributed by atoms with van der Waals surface area (Å²) in [6, 6.07) is 18.4. The summed E-state index contributed by atoms with van der Waals surface area (Å²) in [5.74, 6) is -0.0139. The van der Waals surface area contributed by atoms with Gasteiger partial charge in [-0.25, -0.2) is 4.98 Å². The number of pyridine rings is 1. The first kappa shape index (κ1) is 26.7. The third kappa shape index (κ3) is 6.60. The fraction of sp³-hybridized carbons (Fsp3) is 0.333. The molecule has 2 aromatic heterocycles. The van der Waals surface area contributed by atoms with Crippen LogP contribution < -0.4 is 10.1 Å². The number of hydrogen-bond donors (Lipinski definition) is 1. The number of benzene rings is 2. The summed E-state index contributed by atoms with van der Waals surface area (Å²) in [5, 5.41) is 3.02. The zero-order valence-electron chi connectivity index (χ0n) is 22.0. The molecule has 4 aromatic rings. The van der Waals surface area contributed by atoms with Crippen molar-refractivity contribution >= 4 is 11.6 Å². The molecular formula is C30H31F3N4O2. The first-order valence-corrected chi connectivity index (χ1v) is 13.0. The first-order valence-electron chi connectivity index (χ1n) is 13.0. The van der Waals surface area contributed by atoms with Crippen molar-refractivity contribution in [2.24, 2.45) is 0 Å². The van der Waals surface area contributed by atoms with E-state index in [9.17, 15) is 18.0 Å². The smallest absolute Gasteiger partial charge is 0.406 e. The molecule has 2 aromatic carbocycles. The van der Waals surface area contributed by atoms with Gasteiger partial charge in [0, 0.05) is 19.3 Å². The molecule has 39 heavy (non-hydrogen) atoms. The standard InChI is InChI=1S/C30H31F3N4O2/c1-20-3-12-27-35-21(2)28(37(27)18-20)29(38)34-17-22-4-6-23(7-5-22)19-36-15-13-25(14-16-36)24-8-10-26(11-9-24)39-30(31,32)33/h3-12,18,25H,13-17,19H2,1-2H3,(H,34,38). The third-order valence-corrected chi connectivity index (χ3v) is 7.21. The van der Waals surface area contributed by atoms with E-state index in [-0.39, 0.29) is 11.7 Å². The molecule has 3 heterocycles. The highest BCUT2D eigenvalue weighted by molar-refractivity contribution is 5.94. The van der Waals surface area contributed by atoms with Crippen molar-refractivity contribution in [3.8, 4) is 5.75 Å². The number of imidazole rings is 1. The lowest BCUT2D eigenvalue weighted by Crippen LogP contribution is -2.32. The number of amides is 1. The number of carbonyl (C=O) groups is 1. The Morgan fingerprint density at radius 3 is 2.31 bits per heavy atom. The quantitative estimate of drug-likeness (QED) is 0.307. The molecule has 1 N–H and O–H groups in total. The molecule has 1 amide bonds. The Labute approximate surface area is 225 Å². The van der Waals surface area contributed by atoms with Gasteiger partial charge >= 0.3 is 6.36 Å². The molecule has 1 aliphatic rings. The molecule has 6 nitrogen and oxygen atoms in total. The minimum absolute atomic E-state index is 0.153. The van der Waals surface area contributed by atoms with Gasteiger partial charge in [0.2, 0.25) is 0 Å². The Kier molecular flexibility index (Phi) is 7.61. The van der Waals surface area contributed by atoms with Crippen LogP contribution in [0.5, 0.6) is 5.75 Å². The predicted octanol–water partition coefficient (Wildman–Crippen LogP) is 6.16. The van der Waals surface area contributed by atoms with Gasteiger partial charge in [0.25, 0.3) is 5.91 Å². The van der Waals surface area contributed by atoms with Crippen LogP contribution in [0.25, 0.3) is 5.65 Å². The number of aryl methyl sites for hydroxylation is 2. The van der Waals surface area contributed by atoms with E-state index in [0.29, 0.717) is 23.9 Å². The average Bonchev–Trinajstić information content (AvgIpc) is 3.23. The highest BCUT2D eigenvalue weighted by Crippen LogP contribution is 2.31. The summed E-state index contributed by atoms with van der Waals surface area (Å²) in [7, 11) is 0. The number of ether oxygens (including phenoxy) is 1. The zero-order chi connectivity index (χ0) is 27.6. The van der Waals surface area contributed by atoms with Crippen LogP contribution in [0.3, 0.4) is 0 Å². The van der Waals surface area contributed by atoms with E-state index in [4.69, 9.17) is 0 Å². The van der Waals surface area contributed by atoms with Gasteiger partial charge in [0.1, 0.15) is 17.1 Å². The van der Waals surface area contributed by atoms with Crippen LogP contribution in [0.4, 0.5) is 13.2 Å². The van der Waals surface area contributed by atoms with Crippen LogP contribution in [-0.4, -0.2) is 39.6 Å². The molecule has 0 aliphatic carbocycles. The largest absolute Gasteiger partial charge is 0.573 e. The van der Waals surface area contributed by atoms with Gasteiger partial charge in [-0.1, -0.05) is 42.5 Å². The summed E-state index contributed by atoms with van der Waals surface area (Å²) in [4.78, 5) is 19.8. The molecule has 0 spiro atoms. The predicted molar refractivity (Wildman–Crippen MR) is 143 cm³/mol. The van der Waals surface area contributed by atoms with Gasteiger partial charge in [-0.15, -0.1) is 13.2 Å². The lowest BCUT2D eigenvalue weighted by atomic mass is 9.89. The molecular weight excluding hydrogens is 505 g/mol. The van der Waals surface area contributed by atoms with Crippen LogP contribution in [0.15, 0.2) is 66.9 Å². The lowest BCUT2D eigenvalue weighted by Gasteiger charge is -2.32. The van der Waals surface area contributed by atoms with Gasteiger partial charge < -0.3 is 10.1 Å². The molecule has 9 heteroatoms. The number of hydrogen-bond acceptors (Lipinski definition) is 4. The molecule has 0 radical (unpaired) electrons. The highest BCUT2D eigenvalue weighted by Gasteiger charge is 2.31. The normalized spacial score (nSPS) is 15.0. The molecule has 1 saturated heterocycles. The summed E-state index contributed by atoms with van der Waals surface area (Å²) < 4.78 is 43.0. The van der Waals surface area contributed by atoms with Crippen LogP contribution in [0.1, 0.15) is 57.2 Å². The number of aromatic nitrogens is 2. The van der Waals surface area contributed by atoms with E-state index in [2.05, 4.69) is 32.1 Å². The van der Waals surface area contributed by atoms with E-state index < -0.39 is 6.36 Å². The molecule has 0 bridgehead atoms. The average molecular weight is 537 g/mol. The van der Waals surface area contributed by atoms with Crippen molar-refractivity contribution < 1.29 is 22.7 Å². The van der Waals surface area contributed by atoms with Crippen molar-refractivity contribution in [1.82, 2.24) is 19.6 Å². The minimum Gasteiger partial charge on any atom is -0.406 e. The first-order chi connectivity index (χ1) is 18.6. The summed E-state index contributed by atoms with van der Waals surface area (Å²) >= 11 is 0. The monoisotopic (exact) mass is 536 g/mol. The van der Waals surface area contributed by atoms with Crippen LogP contribution >= 0.6 is 0 Å². The fourth-order valence-electron chi connectivity index (χ4n) is 5.19. The van der Waals surface area contributed by atoms with E-state index >= 15 is 0 Å². The van der Waals surface area contributed by atoms with Gasteiger partial charge in [0.15, 0.2) is 0 Å². The number of alkyl halides is 3. The topological polar surface area (TPSA) is 58.9 Å². The van der Waals surface area contributed by atoms with Gasteiger partial charge in [0.05, 0.1) is 5.69 Å². The Morgan fingerprint density at radius 2 is 1.64 bits per heavy atom. The number of fused-ring (bicyclic) bond motifs is 1. The highest BCUT2D eigenvalue weighted by atomic mass is 19.4. The fourth-order valence-corrected chi connectivity index (χ4v) is 5.19. The maximum absolute atomic E-state index is 12.9. The van der Waals surface area contributed by atoms with Crippen LogP contribution in [0.2, 0.25) is 0 Å². The van der Waals surface area contributed by atoms with E-state index in [0.717, 1.165) is 54.8 Å². The van der Waals surface area contributed by atoms with Gasteiger partial charge in [-0.05, 0) is 86.1 Å². The van der Waals surface area contributed by atoms with Crippen molar-refractivity contribution in [2.75, 3.05) is 13.1 Å². The molecule has 1 fully saturated rings. The minimum atomic E-state index is -4.67. The number of likely N-dealkylation sites (tertiary alicyclic amines) is 1. The SMILES string of the molecule is Cc1ccc2nc(C)c(C(=O)NCc3ccc(CN4CCC(c5ccc(OC(F)(F)F)cc5)CC4)cc3)n2c1. The van der Waals surface area contributed by atoms with Gasteiger partial charge in [-0.2, -0.15) is 0 Å². The Bertz CT molecular complexity index is 1440.